The molecular formula is C28H48N2. The van der Waals surface area contributed by atoms with E-state index in [1.807, 2.05) is 21.1 Å². The molecule has 2 N–H and O–H groups in total. The lowest BCUT2D eigenvalue weighted by Gasteiger charge is -2.23. The zero-order chi connectivity index (χ0) is 23.8. The third-order valence-corrected chi connectivity index (χ3v) is 7.02. The lowest BCUT2D eigenvalue weighted by Crippen LogP contribution is -2.08. The monoisotopic (exact) mass is 412 g/mol. The first-order valence-electron chi connectivity index (χ1n) is 11.3. The Kier molecular flexibility index (Phi) is 12.2. The van der Waals surface area contributed by atoms with Crippen LogP contribution in [-0.4, -0.2) is 27.7 Å². The highest BCUT2D eigenvalue weighted by Crippen LogP contribution is 2.32. The van der Waals surface area contributed by atoms with Crippen LogP contribution in [0, 0.1) is 69.2 Å². The Morgan fingerprint density at radius 1 is 0.433 bits per heavy atom. The molecule has 0 aliphatic heterocycles. The highest BCUT2D eigenvalue weighted by Gasteiger charge is 2.17. The molecule has 2 aromatic rings. The van der Waals surface area contributed by atoms with Gasteiger partial charge >= 0.3 is 0 Å². The van der Waals surface area contributed by atoms with Gasteiger partial charge in [-0.05, 0) is 170 Å². The van der Waals surface area contributed by atoms with Crippen molar-refractivity contribution in [3.05, 3.63) is 66.8 Å². The van der Waals surface area contributed by atoms with Gasteiger partial charge in [0.25, 0.3) is 0 Å². The van der Waals surface area contributed by atoms with Gasteiger partial charge < -0.3 is 10.6 Å². The summed E-state index contributed by atoms with van der Waals surface area (Å²) in [5, 5.41) is 5.68. The Labute approximate surface area is 187 Å². The molecule has 0 atom stereocenters. The molecule has 2 aromatic carbocycles. The molecule has 0 radical (unpaired) electrons. The van der Waals surface area contributed by atoms with Crippen molar-refractivity contribution in [1.29, 1.82) is 0 Å². The molecule has 2 heteroatoms. The maximum absolute atomic E-state index is 2.93. The standard InChI is InChI=1S/C23H32.C3H9N.C2H7N/c1-12-14(3)18(7)22(19(8)15(12)4)11-23-20(9)16(5)13(2)17(6)21(23)10;1-3-4-2;1-3-2/h11H2,1-10H3;4H,3H2,1-2H3;3H,1-2H3. The van der Waals surface area contributed by atoms with Crippen LogP contribution in [0.5, 0.6) is 0 Å². The van der Waals surface area contributed by atoms with Crippen LogP contribution in [-0.2, 0) is 6.42 Å². The normalized spacial score (nSPS) is 10.2. The van der Waals surface area contributed by atoms with Crippen LogP contribution in [0.15, 0.2) is 0 Å². The number of hydrogen-bond donors (Lipinski definition) is 2. The molecule has 2 nitrogen and oxygen atoms in total. The number of rotatable bonds is 3. The quantitative estimate of drug-likeness (QED) is 0.607. The maximum atomic E-state index is 2.93. The SMILES string of the molecule is CCNC.CNC.Cc1c(C)c(C)c(Cc2c(C)c(C)c(C)c(C)c2C)c(C)c1C. The van der Waals surface area contributed by atoms with Crippen LogP contribution < -0.4 is 10.6 Å². The minimum atomic E-state index is 1.05. The minimum Gasteiger partial charge on any atom is -0.323 e. The topological polar surface area (TPSA) is 24.1 Å². The Hall–Kier alpha value is -1.64. The van der Waals surface area contributed by atoms with Gasteiger partial charge in [-0.15, -0.1) is 0 Å². The van der Waals surface area contributed by atoms with Gasteiger partial charge in [-0.1, -0.05) is 6.92 Å². The van der Waals surface area contributed by atoms with E-state index < -0.39 is 0 Å². The fraction of sp³-hybridized carbons (Fsp3) is 0.571. The summed E-state index contributed by atoms with van der Waals surface area (Å²) in [6, 6.07) is 0. The van der Waals surface area contributed by atoms with Gasteiger partial charge in [-0.2, -0.15) is 0 Å². The maximum Gasteiger partial charge on any atom is -0.00149 e. The molecule has 0 bridgehead atoms. The van der Waals surface area contributed by atoms with E-state index in [-0.39, 0.29) is 0 Å². The van der Waals surface area contributed by atoms with E-state index in [1.165, 1.54) is 66.8 Å². The Bertz CT molecular complexity index is 717. The summed E-state index contributed by atoms with van der Waals surface area (Å²) in [4.78, 5) is 0. The van der Waals surface area contributed by atoms with Crippen LogP contribution in [0.3, 0.4) is 0 Å². The number of nitrogens with one attached hydrogen (secondary N) is 2. The molecule has 2 rings (SSSR count). The van der Waals surface area contributed by atoms with Crippen molar-refractivity contribution in [3.8, 4) is 0 Å². The van der Waals surface area contributed by atoms with Crippen molar-refractivity contribution in [1.82, 2.24) is 10.6 Å². The van der Waals surface area contributed by atoms with Gasteiger partial charge in [0.2, 0.25) is 0 Å². The van der Waals surface area contributed by atoms with Crippen LogP contribution in [0.4, 0.5) is 0 Å². The van der Waals surface area contributed by atoms with E-state index >= 15 is 0 Å². The predicted molar refractivity (Wildman–Crippen MR) is 138 cm³/mol. The molecule has 0 aromatic heterocycles. The second kappa shape index (κ2) is 12.9. The van der Waals surface area contributed by atoms with Gasteiger partial charge in [0.05, 0.1) is 0 Å². The summed E-state index contributed by atoms with van der Waals surface area (Å²) >= 11 is 0. The fourth-order valence-electron chi connectivity index (χ4n) is 3.86. The van der Waals surface area contributed by atoms with Crippen molar-refractivity contribution < 1.29 is 0 Å². The van der Waals surface area contributed by atoms with Crippen LogP contribution in [0.25, 0.3) is 0 Å². The van der Waals surface area contributed by atoms with Crippen molar-refractivity contribution in [3.63, 3.8) is 0 Å². The molecular weight excluding hydrogens is 364 g/mol. The third kappa shape index (κ3) is 6.43. The molecule has 0 spiro atoms. The first kappa shape index (κ1) is 28.4. The second-order valence-electron chi connectivity index (χ2n) is 8.59. The smallest absolute Gasteiger partial charge is 0.00149 e. The lowest BCUT2D eigenvalue weighted by atomic mass is 9.82. The average molecular weight is 413 g/mol. The van der Waals surface area contributed by atoms with E-state index in [0.717, 1.165) is 13.0 Å². The third-order valence-electron chi connectivity index (χ3n) is 7.02. The fourth-order valence-corrected chi connectivity index (χ4v) is 3.86. The first-order chi connectivity index (χ1) is 13.9. The Morgan fingerprint density at radius 2 is 0.600 bits per heavy atom. The zero-order valence-electron chi connectivity index (χ0n) is 22.4. The molecule has 170 valence electrons. The highest BCUT2D eigenvalue weighted by molar-refractivity contribution is 5.55. The van der Waals surface area contributed by atoms with E-state index in [1.54, 1.807) is 0 Å². The summed E-state index contributed by atoms with van der Waals surface area (Å²) < 4.78 is 0. The molecule has 30 heavy (non-hydrogen) atoms. The van der Waals surface area contributed by atoms with Crippen molar-refractivity contribution in [2.45, 2.75) is 82.6 Å². The molecule has 0 amide bonds. The molecule has 0 heterocycles. The lowest BCUT2D eigenvalue weighted by molar-refractivity contribution is 0.864. The largest absolute Gasteiger partial charge is 0.323 e. The number of benzene rings is 2. The first-order valence-corrected chi connectivity index (χ1v) is 11.3. The molecule has 0 saturated heterocycles. The van der Waals surface area contributed by atoms with Gasteiger partial charge in [0.1, 0.15) is 0 Å². The Morgan fingerprint density at radius 3 is 0.767 bits per heavy atom. The summed E-state index contributed by atoms with van der Waals surface area (Å²) in [5.74, 6) is 0. The summed E-state index contributed by atoms with van der Waals surface area (Å²) in [6.45, 7) is 25.9. The van der Waals surface area contributed by atoms with E-state index in [2.05, 4.69) is 86.8 Å². The van der Waals surface area contributed by atoms with Crippen molar-refractivity contribution in [2.24, 2.45) is 0 Å². The van der Waals surface area contributed by atoms with Gasteiger partial charge in [-0.25, -0.2) is 0 Å². The molecule has 0 saturated carbocycles. The zero-order valence-corrected chi connectivity index (χ0v) is 22.4. The summed E-state index contributed by atoms with van der Waals surface area (Å²) in [6.07, 6.45) is 1.05. The van der Waals surface area contributed by atoms with Crippen LogP contribution in [0.2, 0.25) is 0 Å². The van der Waals surface area contributed by atoms with E-state index in [0.29, 0.717) is 0 Å². The summed E-state index contributed by atoms with van der Waals surface area (Å²) in [5.41, 5.74) is 17.7. The van der Waals surface area contributed by atoms with Gasteiger partial charge in [-0.3, -0.25) is 0 Å². The van der Waals surface area contributed by atoms with E-state index in [4.69, 9.17) is 0 Å². The van der Waals surface area contributed by atoms with Gasteiger partial charge in [0, 0.05) is 0 Å². The molecule has 0 aliphatic carbocycles. The minimum absolute atomic E-state index is 1.05. The second-order valence-corrected chi connectivity index (χ2v) is 8.59. The van der Waals surface area contributed by atoms with Crippen molar-refractivity contribution in [2.75, 3.05) is 27.7 Å². The average Bonchev–Trinajstić information content (AvgIpc) is 2.73. The molecule has 0 unspecified atom stereocenters. The van der Waals surface area contributed by atoms with Crippen LogP contribution >= 0.6 is 0 Å². The predicted octanol–water partition coefficient (Wildman–Crippen LogP) is 6.42. The van der Waals surface area contributed by atoms with Gasteiger partial charge in [0.15, 0.2) is 0 Å². The Balaban J connectivity index is 0.00000105. The van der Waals surface area contributed by atoms with Crippen LogP contribution in [0.1, 0.15) is 73.7 Å². The molecule has 0 fully saturated rings. The highest BCUT2D eigenvalue weighted by atomic mass is 14.8. The summed E-state index contributed by atoms with van der Waals surface area (Å²) in [7, 11) is 5.68. The van der Waals surface area contributed by atoms with E-state index in [9.17, 15) is 0 Å². The number of hydrogen-bond acceptors (Lipinski definition) is 2. The van der Waals surface area contributed by atoms with Crippen molar-refractivity contribution >= 4 is 0 Å². The molecule has 0 aliphatic rings.